The number of para-hydroxylation sites is 1. The summed E-state index contributed by atoms with van der Waals surface area (Å²) in [6.45, 7) is 0. The minimum atomic E-state index is 0.139. The van der Waals surface area contributed by atoms with Gasteiger partial charge in [-0.25, -0.2) is 4.68 Å². The molecule has 0 spiro atoms. The highest BCUT2D eigenvalue weighted by Gasteiger charge is 2.09. The molecular weight excluding hydrogens is 268 g/mol. The van der Waals surface area contributed by atoms with E-state index in [-0.39, 0.29) is 5.88 Å². The van der Waals surface area contributed by atoms with Gasteiger partial charge in [0.05, 0.1) is 11.4 Å². The summed E-state index contributed by atoms with van der Waals surface area (Å²) in [7, 11) is 0. The minimum absolute atomic E-state index is 0.139. The normalized spacial score (nSPS) is 10.7. The number of thioether (sulfide) groups is 1. The second-order valence-corrected chi connectivity index (χ2v) is 5.24. The first-order valence-electron chi connectivity index (χ1n) is 6.27. The smallest absolute Gasteiger partial charge is 0.214 e. The van der Waals surface area contributed by atoms with Gasteiger partial charge in [0, 0.05) is 16.5 Å². The molecule has 0 aliphatic rings. The van der Waals surface area contributed by atoms with E-state index in [2.05, 4.69) is 17.2 Å². The van der Waals surface area contributed by atoms with Gasteiger partial charge in [-0.15, -0.1) is 11.8 Å². The number of nitrogens with zero attached hydrogens (tertiary/aromatic N) is 2. The predicted molar refractivity (Wildman–Crippen MR) is 82.4 cm³/mol. The highest BCUT2D eigenvalue weighted by Crippen LogP contribution is 2.26. The molecular formula is C16H14N2OS. The van der Waals surface area contributed by atoms with Crippen LogP contribution in [0.2, 0.25) is 0 Å². The lowest BCUT2D eigenvalue weighted by molar-refractivity contribution is 0.433. The minimum Gasteiger partial charge on any atom is -0.493 e. The molecule has 1 aromatic heterocycles. The fourth-order valence-corrected chi connectivity index (χ4v) is 2.44. The van der Waals surface area contributed by atoms with E-state index in [1.165, 1.54) is 9.58 Å². The Labute approximate surface area is 121 Å². The number of rotatable bonds is 3. The van der Waals surface area contributed by atoms with Gasteiger partial charge in [0.25, 0.3) is 0 Å². The third kappa shape index (κ3) is 2.42. The Morgan fingerprint density at radius 3 is 2.35 bits per heavy atom. The van der Waals surface area contributed by atoms with Crippen molar-refractivity contribution in [1.29, 1.82) is 0 Å². The third-order valence-electron chi connectivity index (χ3n) is 3.08. The van der Waals surface area contributed by atoms with Crippen molar-refractivity contribution >= 4 is 11.8 Å². The van der Waals surface area contributed by atoms with Crippen LogP contribution in [0, 0.1) is 0 Å². The third-order valence-corrected chi connectivity index (χ3v) is 3.82. The van der Waals surface area contributed by atoms with Gasteiger partial charge < -0.3 is 5.11 Å². The van der Waals surface area contributed by atoms with Crippen LogP contribution in [-0.2, 0) is 0 Å². The van der Waals surface area contributed by atoms with Crippen LogP contribution >= 0.6 is 11.8 Å². The van der Waals surface area contributed by atoms with E-state index >= 15 is 0 Å². The Morgan fingerprint density at radius 1 is 1.00 bits per heavy atom. The van der Waals surface area contributed by atoms with Crippen molar-refractivity contribution in [2.75, 3.05) is 6.26 Å². The molecule has 2 aromatic carbocycles. The highest BCUT2D eigenvalue weighted by atomic mass is 32.2. The molecule has 0 saturated carbocycles. The van der Waals surface area contributed by atoms with Crippen LogP contribution in [0.15, 0.2) is 65.6 Å². The van der Waals surface area contributed by atoms with Crippen LogP contribution in [-0.4, -0.2) is 21.1 Å². The molecule has 0 aliphatic carbocycles. The summed E-state index contributed by atoms with van der Waals surface area (Å²) >= 11 is 1.70. The molecule has 4 heteroatoms. The molecule has 0 radical (unpaired) electrons. The topological polar surface area (TPSA) is 38.0 Å². The van der Waals surface area contributed by atoms with Crippen molar-refractivity contribution < 1.29 is 5.11 Å². The van der Waals surface area contributed by atoms with E-state index in [1.54, 1.807) is 17.8 Å². The lowest BCUT2D eigenvalue weighted by Gasteiger charge is -2.02. The Kier molecular flexibility index (Phi) is 3.48. The van der Waals surface area contributed by atoms with Gasteiger partial charge >= 0.3 is 0 Å². The van der Waals surface area contributed by atoms with Crippen LogP contribution in [0.4, 0.5) is 0 Å². The number of benzene rings is 2. The second-order valence-electron chi connectivity index (χ2n) is 4.36. The summed E-state index contributed by atoms with van der Waals surface area (Å²) in [6.07, 6.45) is 2.05. The molecule has 0 fully saturated rings. The van der Waals surface area contributed by atoms with Crippen LogP contribution < -0.4 is 0 Å². The largest absolute Gasteiger partial charge is 0.493 e. The predicted octanol–water partition coefficient (Wildman–Crippen LogP) is 3.97. The first-order chi connectivity index (χ1) is 9.78. The zero-order valence-electron chi connectivity index (χ0n) is 11.0. The summed E-state index contributed by atoms with van der Waals surface area (Å²) in [6, 6.07) is 19.4. The molecule has 0 bridgehead atoms. The molecule has 3 nitrogen and oxygen atoms in total. The van der Waals surface area contributed by atoms with Gasteiger partial charge in [-0.1, -0.05) is 30.3 Å². The number of hydrogen-bond acceptors (Lipinski definition) is 3. The standard InChI is InChI=1S/C16H14N2OS/c1-20-14-9-7-12(8-10-14)15-11-16(19)18(17-15)13-5-3-2-4-6-13/h2-11,19H,1H3. The van der Waals surface area contributed by atoms with Crippen LogP contribution in [0.1, 0.15) is 0 Å². The van der Waals surface area contributed by atoms with Crippen LogP contribution in [0.5, 0.6) is 5.88 Å². The van der Waals surface area contributed by atoms with Crippen molar-refractivity contribution in [3.8, 4) is 22.8 Å². The Morgan fingerprint density at radius 2 is 1.70 bits per heavy atom. The molecule has 3 rings (SSSR count). The summed E-state index contributed by atoms with van der Waals surface area (Å²) in [4.78, 5) is 1.21. The van der Waals surface area contributed by atoms with Crippen molar-refractivity contribution in [1.82, 2.24) is 9.78 Å². The SMILES string of the molecule is CSc1ccc(-c2cc(O)n(-c3ccccc3)n2)cc1. The molecule has 0 atom stereocenters. The molecule has 0 aliphatic heterocycles. The van der Waals surface area contributed by atoms with E-state index in [1.807, 2.05) is 48.7 Å². The van der Waals surface area contributed by atoms with Crippen molar-refractivity contribution in [2.45, 2.75) is 4.90 Å². The maximum absolute atomic E-state index is 10.0. The molecule has 100 valence electrons. The first-order valence-corrected chi connectivity index (χ1v) is 7.49. The molecule has 3 aromatic rings. The monoisotopic (exact) mass is 282 g/mol. The quantitative estimate of drug-likeness (QED) is 0.739. The molecule has 0 unspecified atom stereocenters. The van der Waals surface area contributed by atoms with Gasteiger partial charge in [0.2, 0.25) is 5.88 Å². The Hall–Kier alpha value is -2.20. The lowest BCUT2D eigenvalue weighted by atomic mass is 10.2. The fourth-order valence-electron chi connectivity index (χ4n) is 2.03. The van der Waals surface area contributed by atoms with Crippen LogP contribution in [0.3, 0.4) is 0 Å². The second kappa shape index (κ2) is 5.43. The molecule has 1 N–H and O–H groups in total. The highest BCUT2D eigenvalue weighted by molar-refractivity contribution is 7.98. The van der Waals surface area contributed by atoms with Crippen molar-refractivity contribution in [2.24, 2.45) is 0 Å². The van der Waals surface area contributed by atoms with Gasteiger partial charge in [0.15, 0.2) is 0 Å². The van der Waals surface area contributed by atoms with E-state index in [0.29, 0.717) is 0 Å². The van der Waals surface area contributed by atoms with Gasteiger partial charge in [0.1, 0.15) is 0 Å². The molecule has 0 saturated heterocycles. The fraction of sp³-hybridized carbons (Fsp3) is 0.0625. The Balaban J connectivity index is 2.00. The summed E-state index contributed by atoms with van der Waals surface area (Å²) < 4.78 is 1.54. The summed E-state index contributed by atoms with van der Waals surface area (Å²) in [5.74, 6) is 0.139. The zero-order chi connectivity index (χ0) is 13.9. The number of aromatic hydroxyl groups is 1. The molecule has 0 amide bonds. The maximum Gasteiger partial charge on any atom is 0.214 e. The number of aromatic nitrogens is 2. The first kappa shape index (κ1) is 12.8. The maximum atomic E-state index is 10.0. The van der Waals surface area contributed by atoms with Gasteiger partial charge in [-0.05, 0) is 30.5 Å². The van der Waals surface area contributed by atoms with E-state index < -0.39 is 0 Å². The average molecular weight is 282 g/mol. The summed E-state index contributed by atoms with van der Waals surface area (Å²) in [5, 5.41) is 14.5. The van der Waals surface area contributed by atoms with E-state index in [9.17, 15) is 5.11 Å². The average Bonchev–Trinajstić information content (AvgIpc) is 2.90. The van der Waals surface area contributed by atoms with Gasteiger partial charge in [-0.2, -0.15) is 5.10 Å². The lowest BCUT2D eigenvalue weighted by Crippen LogP contribution is -1.95. The van der Waals surface area contributed by atoms with Crippen molar-refractivity contribution in [3.63, 3.8) is 0 Å². The number of hydrogen-bond donors (Lipinski definition) is 1. The Bertz CT molecular complexity index is 705. The summed E-state index contributed by atoms with van der Waals surface area (Å²) in [5.41, 5.74) is 2.60. The van der Waals surface area contributed by atoms with Crippen LogP contribution in [0.25, 0.3) is 16.9 Å². The van der Waals surface area contributed by atoms with Crippen molar-refractivity contribution in [3.05, 3.63) is 60.7 Å². The van der Waals surface area contributed by atoms with E-state index in [4.69, 9.17) is 0 Å². The molecule has 20 heavy (non-hydrogen) atoms. The van der Waals surface area contributed by atoms with Gasteiger partial charge in [-0.3, -0.25) is 0 Å². The molecule has 1 heterocycles. The zero-order valence-corrected chi connectivity index (χ0v) is 11.8. The van der Waals surface area contributed by atoms with E-state index in [0.717, 1.165) is 16.9 Å².